The summed E-state index contributed by atoms with van der Waals surface area (Å²) in [6, 6.07) is 9.63. The van der Waals surface area contributed by atoms with Crippen molar-refractivity contribution in [1.82, 2.24) is 4.31 Å². The fourth-order valence-electron chi connectivity index (χ4n) is 8.49. The third-order valence-electron chi connectivity index (χ3n) is 10.8. The monoisotopic (exact) mass is 561 g/mol. The van der Waals surface area contributed by atoms with Gasteiger partial charge in [0.1, 0.15) is 0 Å². The van der Waals surface area contributed by atoms with Gasteiger partial charge in [0.05, 0.1) is 11.9 Å². The van der Waals surface area contributed by atoms with Crippen LogP contribution in [0.1, 0.15) is 115 Å². The first kappa shape index (κ1) is 28.6. The molecule has 0 spiro atoms. The summed E-state index contributed by atoms with van der Waals surface area (Å²) >= 11 is 1.34. The molecule has 2 bridgehead atoms. The number of hydrogen-bond acceptors (Lipinski definition) is 5. The van der Waals surface area contributed by atoms with Crippen molar-refractivity contribution in [1.29, 1.82) is 0 Å². The first-order chi connectivity index (χ1) is 18.1. The molecular weight excluding hydrogens is 514 g/mol. The van der Waals surface area contributed by atoms with Gasteiger partial charge < -0.3 is 5.11 Å². The van der Waals surface area contributed by atoms with E-state index in [0.717, 1.165) is 76.2 Å². The van der Waals surface area contributed by atoms with Crippen LogP contribution in [0.4, 0.5) is 0 Å². The number of sulfonamides is 1. The molecule has 212 valence electrons. The average Bonchev–Trinajstić information content (AvgIpc) is 3.25. The van der Waals surface area contributed by atoms with Gasteiger partial charge in [0.15, 0.2) is 5.12 Å². The molecule has 5 nitrogen and oxygen atoms in total. The fraction of sp³-hybridized carbons (Fsp3) is 0.774. The number of aliphatic hydroxyl groups is 1. The molecule has 4 saturated carbocycles. The first-order valence-electron chi connectivity index (χ1n) is 15.1. The Balaban J connectivity index is 1.37. The Kier molecular flexibility index (Phi) is 8.69. The van der Waals surface area contributed by atoms with Crippen LogP contribution in [0.5, 0.6) is 0 Å². The molecule has 1 aromatic carbocycles. The molecule has 4 aliphatic rings. The van der Waals surface area contributed by atoms with Gasteiger partial charge in [0, 0.05) is 29.2 Å². The van der Waals surface area contributed by atoms with E-state index >= 15 is 0 Å². The highest BCUT2D eigenvalue weighted by Gasteiger charge is 2.66. The molecule has 0 amide bonds. The Bertz CT molecular complexity index is 1040. The number of nitrogens with zero attached hydrogens (tertiary/aromatic N) is 1. The van der Waals surface area contributed by atoms with Crippen LogP contribution in [0, 0.1) is 16.7 Å². The van der Waals surface area contributed by atoms with Gasteiger partial charge in [-0.15, -0.1) is 0 Å². The third kappa shape index (κ3) is 5.51. The lowest BCUT2D eigenvalue weighted by Crippen LogP contribution is -2.54. The lowest BCUT2D eigenvalue weighted by Gasteiger charge is -2.46. The molecule has 4 fully saturated rings. The van der Waals surface area contributed by atoms with Crippen molar-refractivity contribution in [2.24, 2.45) is 16.7 Å². The maximum Gasteiger partial charge on any atom is 0.215 e. The Labute approximate surface area is 234 Å². The number of benzene rings is 1. The molecule has 0 aliphatic heterocycles. The molecule has 0 aromatic heterocycles. The number of rotatable bonds is 9. The van der Waals surface area contributed by atoms with Crippen LogP contribution >= 0.6 is 11.8 Å². The van der Waals surface area contributed by atoms with E-state index < -0.39 is 21.5 Å². The zero-order valence-electron chi connectivity index (χ0n) is 23.3. The Hall–Kier alpha value is -0.890. The van der Waals surface area contributed by atoms with Gasteiger partial charge in [-0.2, -0.15) is 4.31 Å². The highest BCUT2D eigenvalue weighted by atomic mass is 32.2. The standard InChI is InChI=1S/C31H47NO4S2/c1-30(2)24-18-19-31(30,28(20-24)37-29(34)21-27(33)23-12-6-3-7-13-23)22-38(35,36)32(25-14-8-4-9-15-25)26-16-10-5-11-17-26/h3,6-7,12-13,24-28,33H,4-5,8-11,14-22H2,1-2H3/t24?,27-,28?,31?/m1/s1. The van der Waals surface area contributed by atoms with Gasteiger partial charge in [0.25, 0.3) is 0 Å². The summed E-state index contributed by atoms with van der Waals surface area (Å²) in [6.45, 7) is 4.52. The first-order valence-corrected chi connectivity index (χ1v) is 17.6. The number of aliphatic hydroxyl groups excluding tert-OH is 1. The number of thioether (sulfide) groups is 1. The Morgan fingerprint density at radius 1 is 0.974 bits per heavy atom. The van der Waals surface area contributed by atoms with Gasteiger partial charge in [-0.1, -0.05) is 94.5 Å². The highest BCUT2D eigenvalue weighted by Crippen LogP contribution is 2.69. The normalized spacial score (nSPS) is 31.1. The second-order valence-electron chi connectivity index (χ2n) is 13.1. The topological polar surface area (TPSA) is 74.7 Å². The van der Waals surface area contributed by atoms with Gasteiger partial charge in [-0.05, 0) is 61.8 Å². The quantitative estimate of drug-likeness (QED) is 0.356. The molecule has 1 aromatic rings. The van der Waals surface area contributed by atoms with E-state index in [-0.39, 0.29) is 40.0 Å². The van der Waals surface area contributed by atoms with Crippen molar-refractivity contribution in [3.8, 4) is 0 Å². The van der Waals surface area contributed by atoms with Gasteiger partial charge >= 0.3 is 0 Å². The number of fused-ring (bicyclic) bond motifs is 2. The van der Waals surface area contributed by atoms with Crippen LogP contribution < -0.4 is 0 Å². The van der Waals surface area contributed by atoms with Crippen molar-refractivity contribution in [3.63, 3.8) is 0 Å². The van der Waals surface area contributed by atoms with E-state index in [9.17, 15) is 18.3 Å². The van der Waals surface area contributed by atoms with Crippen LogP contribution in [0.25, 0.3) is 0 Å². The van der Waals surface area contributed by atoms with Gasteiger partial charge in [0.2, 0.25) is 10.0 Å². The lowest BCUT2D eigenvalue weighted by molar-refractivity contribution is -0.112. The molecule has 0 heterocycles. The molecule has 4 aliphatic carbocycles. The molecular formula is C31H47NO4S2. The summed E-state index contributed by atoms with van der Waals surface area (Å²) in [5.41, 5.74) is 0.222. The van der Waals surface area contributed by atoms with Gasteiger partial charge in [-0.25, -0.2) is 8.42 Å². The fourth-order valence-corrected chi connectivity index (χ4v) is 13.1. The van der Waals surface area contributed by atoms with Gasteiger partial charge in [-0.3, -0.25) is 4.79 Å². The molecule has 0 radical (unpaired) electrons. The van der Waals surface area contributed by atoms with Crippen molar-refractivity contribution >= 4 is 26.9 Å². The smallest absolute Gasteiger partial charge is 0.215 e. The van der Waals surface area contributed by atoms with Crippen molar-refractivity contribution in [2.75, 3.05) is 5.75 Å². The Morgan fingerprint density at radius 3 is 2.11 bits per heavy atom. The van der Waals surface area contributed by atoms with E-state index in [1.165, 1.54) is 24.6 Å². The van der Waals surface area contributed by atoms with Crippen molar-refractivity contribution in [2.45, 2.75) is 127 Å². The SMILES string of the molecule is CC1(C)C2CCC1(CS(=O)(=O)N(C1CCCCC1)C1CCCCC1)C(SC(=O)C[C@@H](O)c1ccccc1)C2. The predicted octanol–water partition coefficient (Wildman–Crippen LogP) is 6.86. The van der Waals surface area contributed by atoms with Crippen LogP contribution in [0.3, 0.4) is 0 Å². The zero-order chi connectivity index (χ0) is 27.0. The molecule has 38 heavy (non-hydrogen) atoms. The highest BCUT2D eigenvalue weighted by molar-refractivity contribution is 8.14. The maximum absolute atomic E-state index is 14.5. The van der Waals surface area contributed by atoms with Crippen LogP contribution in [0.2, 0.25) is 0 Å². The lowest BCUT2D eigenvalue weighted by atomic mass is 9.70. The van der Waals surface area contributed by atoms with Crippen LogP contribution in [0.15, 0.2) is 30.3 Å². The average molecular weight is 562 g/mol. The minimum Gasteiger partial charge on any atom is -0.388 e. The summed E-state index contributed by atoms with van der Waals surface area (Å²) in [4.78, 5) is 13.2. The summed E-state index contributed by atoms with van der Waals surface area (Å²) in [6.07, 6.45) is 12.9. The molecule has 5 rings (SSSR count). The van der Waals surface area contributed by atoms with Crippen molar-refractivity contribution in [3.05, 3.63) is 35.9 Å². The van der Waals surface area contributed by atoms with Crippen LogP contribution in [-0.4, -0.2) is 46.0 Å². The number of hydrogen-bond donors (Lipinski definition) is 1. The summed E-state index contributed by atoms with van der Waals surface area (Å²) < 4.78 is 31.1. The second kappa shape index (κ2) is 11.5. The third-order valence-corrected chi connectivity index (χ3v) is 14.3. The van der Waals surface area contributed by atoms with Crippen molar-refractivity contribution < 1.29 is 18.3 Å². The summed E-state index contributed by atoms with van der Waals surface area (Å²) in [5, 5.41) is 10.6. The summed E-state index contributed by atoms with van der Waals surface area (Å²) in [5.74, 6) is 0.614. The number of carbonyl (C=O) groups is 1. The zero-order valence-corrected chi connectivity index (χ0v) is 24.9. The van der Waals surface area contributed by atoms with Crippen LogP contribution in [-0.2, 0) is 14.8 Å². The second-order valence-corrected chi connectivity index (χ2v) is 16.3. The molecule has 3 unspecified atom stereocenters. The summed E-state index contributed by atoms with van der Waals surface area (Å²) in [7, 11) is -3.50. The molecule has 0 saturated heterocycles. The van der Waals surface area contributed by atoms with E-state index in [1.807, 2.05) is 34.6 Å². The van der Waals surface area contributed by atoms with E-state index in [1.54, 1.807) is 0 Å². The maximum atomic E-state index is 14.5. The Morgan fingerprint density at radius 2 is 1.55 bits per heavy atom. The van der Waals surface area contributed by atoms with E-state index in [0.29, 0.717) is 5.92 Å². The molecule has 1 N–H and O–H groups in total. The molecule has 7 heteroatoms. The predicted molar refractivity (Wildman–Crippen MR) is 155 cm³/mol. The van der Waals surface area contributed by atoms with E-state index in [2.05, 4.69) is 13.8 Å². The number of carbonyl (C=O) groups excluding carboxylic acids is 1. The molecule has 4 atom stereocenters. The minimum absolute atomic E-state index is 0.0129. The van der Waals surface area contributed by atoms with E-state index in [4.69, 9.17) is 0 Å². The minimum atomic E-state index is -3.50. The largest absolute Gasteiger partial charge is 0.388 e.